The van der Waals surface area contributed by atoms with Gasteiger partial charge in [0.1, 0.15) is 12.1 Å². The van der Waals surface area contributed by atoms with E-state index in [1.807, 2.05) is 11.0 Å². The van der Waals surface area contributed by atoms with Crippen molar-refractivity contribution in [3.05, 3.63) is 18.2 Å². The number of aromatic nitrogens is 4. The molecule has 11 heteroatoms. The van der Waals surface area contributed by atoms with Crippen LogP contribution in [0.1, 0.15) is 71.0 Å². The average Bonchev–Trinajstić information content (AvgIpc) is 3.57. The largest absolute Gasteiger partial charge is 0.478 e. The van der Waals surface area contributed by atoms with Gasteiger partial charge in [0.25, 0.3) is 0 Å². The second-order valence-corrected chi connectivity index (χ2v) is 11.4. The van der Waals surface area contributed by atoms with Gasteiger partial charge < -0.3 is 29.7 Å². The van der Waals surface area contributed by atoms with Crippen LogP contribution in [0.4, 0.5) is 11.8 Å². The molecule has 3 atom stereocenters. The van der Waals surface area contributed by atoms with Crippen LogP contribution < -0.4 is 20.3 Å². The predicted octanol–water partition coefficient (Wildman–Crippen LogP) is 2.83. The van der Waals surface area contributed by atoms with Gasteiger partial charge in [-0.2, -0.15) is 4.98 Å². The molecule has 1 amide bonds. The molecule has 0 bridgehead atoms. The lowest BCUT2D eigenvalue weighted by Crippen LogP contribution is -2.51. The van der Waals surface area contributed by atoms with Crippen molar-refractivity contribution in [3.63, 3.8) is 0 Å². The summed E-state index contributed by atoms with van der Waals surface area (Å²) in [6.45, 7) is 11.1. The highest BCUT2D eigenvalue weighted by Crippen LogP contribution is 2.30. The number of anilines is 2. The van der Waals surface area contributed by atoms with Crippen molar-refractivity contribution in [2.45, 2.75) is 77.3 Å². The lowest BCUT2D eigenvalue weighted by atomic mass is 9.84. The smallest absolute Gasteiger partial charge is 0.324 e. The Morgan fingerprint density at radius 1 is 1.11 bits per heavy atom. The Bertz CT molecular complexity index is 1070. The van der Waals surface area contributed by atoms with Crippen molar-refractivity contribution >= 4 is 17.7 Å². The van der Waals surface area contributed by atoms with Gasteiger partial charge in [-0.3, -0.25) is 4.79 Å². The first-order valence-corrected chi connectivity index (χ1v) is 14.2. The van der Waals surface area contributed by atoms with Gasteiger partial charge >= 0.3 is 6.01 Å². The standard InChI is InChI=1S/C27H42N8O3/c1-18(2)26-31-27(38-32-26)33-11-7-20(8-12-33)19(3)9-13-37-24-14-23(29-17-30-24)34-15-21(28)22(16-34)35-10-5-4-6-25(35)36/h14,17-22H,4-13,15-16,28H2,1-3H3. The van der Waals surface area contributed by atoms with E-state index in [-0.39, 0.29) is 23.9 Å². The quantitative estimate of drug-likeness (QED) is 0.521. The van der Waals surface area contributed by atoms with Crippen LogP contribution in [0.25, 0.3) is 0 Å². The molecule has 0 spiro atoms. The van der Waals surface area contributed by atoms with Crippen molar-refractivity contribution in [1.29, 1.82) is 0 Å². The van der Waals surface area contributed by atoms with Gasteiger partial charge in [-0.25, -0.2) is 9.97 Å². The molecule has 3 aliphatic heterocycles. The molecule has 0 saturated carbocycles. The van der Waals surface area contributed by atoms with E-state index in [2.05, 4.69) is 50.7 Å². The monoisotopic (exact) mass is 526 g/mol. The zero-order valence-corrected chi connectivity index (χ0v) is 23.0. The number of likely N-dealkylation sites (tertiary alicyclic amines) is 1. The molecule has 0 aromatic carbocycles. The first-order valence-electron chi connectivity index (χ1n) is 14.2. The van der Waals surface area contributed by atoms with E-state index in [9.17, 15) is 4.79 Å². The fraction of sp³-hybridized carbons (Fsp3) is 0.741. The SMILES string of the molecule is CC(C)c1noc(N2CCC(C(C)CCOc3cc(N4CC(N)C(N5CCCCC5=O)C4)ncn3)CC2)n1. The van der Waals surface area contributed by atoms with Crippen molar-refractivity contribution in [3.8, 4) is 5.88 Å². The number of hydrogen-bond acceptors (Lipinski definition) is 10. The number of nitrogens with zero attached hydrogens (tertiary/aromatic N) is 7. The Morgan fingerprint density at radius 2 is 1.92 bits per heavy atom. The topological polar surface area (TPSA) is 127 Å². The normalized spacial score (nSPS) is 23.9. The van der Waals surface area contributed by atoms with Crippen molar-refractivity contribution in [2.75, 3.05) is 49.1 Å². The van der Waals surface area contributed by atoms with E-state index in [1.165, 1.54) is 0 Å². The number of carbonyl (C=O) groups excluding carboxylic acids is 1. The number of carbonyl (C=O) groups is 1. The third-order valence-electron chi connectivity index (χ3n) is 8.43. The van der Waals surface area contributed by atoms with E-state index in [0.29, 0.717) is 49.8 Å². The van der Waals surface area contributed by atoms with Gasteiger partial charge in [-0.1, -0.05) is 25.9 Å². The van der Waals surface area contributed by atoms with Crippen LogP contribution in [-0.4, -0.2) is 82.3 Å². The summed E-state index contributed by atoms with van der Waals surface area (Å²) in [5.41, 5.74) is 6.45. The van der Waals surface area contributed by atoms with Crippen LogP contribution in [0.3, 0.4) is 0 Å². The van der Waals surface area contributed by atoms with Gasteiger partial charge in [-0.15, -0.1) is 0 Å². The molecule has 2 aromatic heterocycles. The number of nitrogens with two attached hydrogens (primary N) is 1. The van der Waals surface area contributed by atoms with Crippen molar-refractivity contribution < 1.29 is 14.1 Å². The maximum atomic E-state index is 12.4. The molecular weight excluding hydrogens is 484 g/mol. The number of rotatable bonds is 9. The van der Waals surface area contributed by atoms with Crippen LogP contribution in [-0.2, 0) is 4.79 Å². The van der Waals surface area contributed by atoms with Crippen molar-refractivity contribution in [1.82, 2.24) is 25.0 Å². The average molecular weight is 527 g/mol. The Labute approximate surface area is 225 Å². The van der Waals surface area contributed by atoms with Crippen LogP contribution in [0, 0.1) is 11.8 Å². The molecule has 3 saturated heterocycles. The van der Waals surface area contributed by atoms with Crippen LogP contribution in [0.2, 0.25) is 0 Å². The molecule has 2 N–H and O–H groups in total. The Hall–Kier alpha value is -2.95. The molecule has 11 nitrogen and oxygen atoms in total. The molecule has 3 fully saturated rings. The molecule has 3 aliphatic rings. The fourth-order valence-corrected chi connectivity index (χ4v) is 5.92. The zero-order chi connectivity index (χ0) is 26.6. The van der Waals surface area contributed by atoms with Crippen LogP contribution in [0.15, 0.2) is 16.9 Å². The molecule has 3 unspecified atom stereocenters. The maximum Gasteiger partial charge on any atom is 0.324 e. The van der Waals surface area contributed by atoms with E-state index >= 15 is 0 Å². The van der Waals surface area contributed by atoms with E-state index in [4.69, 9.17) is 15.0 Å². The molecule has 208 valence electrons. The molecule has 2 aromatic rings. The zero-order valence-electron chi connectivity index (χ0n) is 23.0. The number of hydrogen-bond donors (Lipinski definition) is 1. The van der Waals surface area contributed by atoms with Crippen LogP contribution >= 0.6 is 0 Å². The van der Waals surface area contributed by atoms with Gasteiger partial charge in [0.05, 0.1) is 12.6 Å². The fourth-order valence-electron chi connectivity index (χ4n) is 5.92. The molecular formula is C27H42N8O3. The van der Waals surface area contributed by atoms with Crippen LogP contribution in [0.5, 0.6) is 5.88 Å². The predicted molar refractivity (Wildman–Crippen MR) is 144 cm³/mol. The highest BCUT2D eigenvalue weighted by molar-refractivity contribution is 5.77. The number of piperidine rings is 2. The third-order valence-corrected chi connectivity index (χ3v) is 8.43. The van der Waals surface area contributed by atoms with E-state index in [0.717, 1.165) is 63.4 Å². The minimum absolute atomic E-state index is 0.0338. The first kappa shape index (κ1) is 26.6. The van der Waals surface area contributed by atoms with E-state index < -0.39 is 0 Å². The Balaban J connectivity index is 1.07. The van der Waals surface area contributed by atoms with Gasteiger partial charge in [0.2, 0.25) is 11.8 Å². The lowest BCUT2D eigenvalue weighted by Gasteiger charge is -2.34. The maximum absolute atomic E-state index is 12.4. The highest BCUT2D eigenvalue weighted by Gasteiger charge is 2.38. The molecule has 0 radical (unpaired) electrons. The van der Waals surface area contributed by atoms with Gasteiger partial charge in [0.15, 0.2) is 5.82 Å². The molecule has 5 heterocycles. The minimum atomic E-state index is -0.0827. The molecule has 0 aliphatic carbocycles. The Morgan fingerprint density at radius 3 is 2.66 bits per heavy atom. The summed E-state index contributed by atoms with van der Waals surface area (Å²) in [5, 5.41) is 4.10. The van der Waals surface area contributed by atoms with Gasteiger partial charge in [0, 0.05) is 57.2 Å². The summed E-state index contributed by atoms with van der Waals surface area (Å²) in [4.78, 5) is 32.1. The molecule has 38 heavy (non-hydrogen) atoms. The second kappa shape index (κ2) is 11.8. The number of amides is 1. The summed E-state index contributed by atoms with van der Waals surface area (Å²) >= 11 is 0. The first-order chi connectivity index (χ1) is 18.4. The number of ether oxygens (including phenoxy) is 1. The van der Waals surface area contributed by atoms with E-state index in [1.54, 1.807) is 6.33 Å². The van der Waals surface area contributed by atoms with Gasteiger partial charge in [-0.05, 0) is 43.9 Å². The second-order valence-electron chi connectivity index (χ2n) is 11.4. The summed E-state index contributed by atoms with van der Waals surface area (Å²) in [7, 11) is 0. The summed E-state index contributed by atoms with van der Waals surface area (Å²) in [5.74, 6) is 3.84. The summed E-state index contributed by atoms with van der Waals surface area (Å²) in [6, 6.07) is 2.49. The van der Waals surface area contributed by atoms with Crippen molar-refractivity contribution in [2.24, 2.45) is 17.6 Å². The minimum Gasteiger partial charge on any atom is -0.478 e. The Kier molecular flexibility index (Phi) is 8.30. The highest BCUT2D eigenvalue weighted by atomic mass is 16.5. The molecule has 5 rings (SSSR count). The lowest BCUT2D eigenvalue weighted by molar-refractivity contribution is -0.135. The summed E-state index contributed by atoms with van der Waals surface area (Å²) < 4.78 is 11.5. The summed E-state index contributed by atoms with van der Waals surface area (Å²) in [6.07, 6.45) is 7.39. The third kappa shape index (κ3) is 6.03.